The molecule has 3 heteroatoms. The molecule has 1 aliphatic rings. The number of halogens is 1. The Kier molecular flexibility index (Phi) is 4.15. The highest BCUT2D eigenvalue weighted by atomic mass is 127. The SMILES string of the molecule is COc1ccc2c(c1)CC(Nc1ccc(I)cc1)CC2. The standard InChI is InChI=1S/C17H18INO/c1-20-17-9-3-12-2-6-16(10-13(12)11-17)19-15-7-4-14(18)5-8-15/h3-5,7-9,11,16,19H,2,6,10H2,1H3. The van der Waals surface area contributed by atoms with Gasteiger partial charge in [-0.05, 0) is 89.4 Å². The van der Waals surface area contributed by atoms with Crippen molar-refractivity contribution in [1.82, 2.24) is 0 Å². The molecule has 0 aliphatic heterocycles. The summed E-state index contributed by atoms with van der Waals surface area (Å²) in [7, 11) is 1.73. The monoisotopic (exact) mass is 379 g/mol. The minimum Gasteiger partial charge on any atom is -0.497 e. The maximum Gasteiger partial charge on any atom is 0.119 e. The fourth-order valence-corrected chi connectivity index (χ4v) is 3.13. The first-order valence-electron chi connectivity index (χ1n) is 6.92. The summed E-state index contributed by atoms with van der Waals surface area (Å²) >= 11 is 2.33. The molecule has 0 radical (unpaired) electrons. The van der Waals surface area contributed by atoms with Crippen LogP contribution in [0.4, 0.5) is 5.69 Å². The van der Waals surface area contributed by atoms with Crippen molar-refractivity contribution in [3.8, 4) is 5.75 Å². The van der Waals surface area contributed by atoms with Gasteiger partial charge in [0.2, 0.25) is 0 Å². The number of methoxy groups -OCH3 is 1. The van der Waals surface area contributed by atoms with Gasteiger partial charge in [0.25, 0.3) is 0 Å². The molecule has 1 atom stereocenters. The highest BCUT2D eigenvalue weighted by molar-refractivity contribution is 14.1. The van der Waals surface area contributed by atoms with Gasteiger partial charge in [-0.15, -0.1) is 0 Å². The molecule has 1 aliphatic carbocycles. The molecule has 0 amide bonds. The number of nitrogens with one attached hydrogen (secondary N) is 1. The van der Waals surface area contributed by atoms with Crippen LogP contribution in [-0.4, -0.2) is 13.2 Å². The molecule has 1 unspecified atom stereocenters. The van der Waals surface area contributed by atoms with Crippen molar-refractivity contribution >= 4 is 28.3 Å². The van der Waals surface area contributed by atoms with Crippen molar-refractivity contribution in [2.24, 2.45) is 0 Å². The molecular weight excluding hydrogens is 361 g/mol. The third-order valence-corrected chi connectivity index (χ3v) is 4.58. The summed E-state index contributed by atoms with van der Waals surface area (Å²) in [4.78, 5) is 0. The van der Waals surface area contributed by atoms with E-state index in [1.807, 2.05) is 0 Å². The van der Waals surface area contributed by atoms with Gasteiger partial charge in [-0.2, -0.15) is 0 Å². The fraction of sp³-hybridized carbons (Fsp3) is 0.294. The zero-order valence-corrected chi connectivity index (χ0v) is 13.7. The van der Waals surface area contributed by atoms with Crippen LogP contribution in [0.2, 0.25) is 0 Å². The van der Waals surface area contributed by atoms with E-state index in [-0.39, 0.29) is 0 Å². The number of benzene rings is 2. The minimum absolute atomic E-state index is 0.509. The van der Waals surface area contributed by atoms with E-state index in [2.05, 4.69) is 70.4 Å². The molecular formula is C17H18INO. The lowest BCUT2D eigenvalue weighted by atomic mass is 9.88. The van der Waals surface area contributed by atoms with Crippen LogP contribution >= 0.6 is 22.6 Å². The van der Waals surface area contributed by atoms with Crippen molar-refractivity contribution in [3.63, 3.8) is 0 Å². The Bertz CT molecular complexity index is 594. The Hall–Kier alpha value is -1.23. The molecule has 0 bridgehead atoms. The predicted molar refractivity (Wildman–Crippen MR) is 91.6 cm³/mol. The Morgan fingerprint density at radius 1 is 1.10 bits per heavy atom. The zero-order valence-electron chi connectivity index (χ0n) is 11.5. The smallest absolute Gasteiger partial charge is 0.119 e. The number of anilines is 1. The average molecular weight is 379 g/mol. The molecule has 0 aromatic heterocycles. The maximum atomic E-state index is 5.33. The number of aryl methyl sites for hydroxylation is 1. The molecule has 20 heavy (non-hydrogen) atoms. The molecule has 0 saturated heterocycles. The highest BCUT2D eigenvalue weighted by Crippen LogP contribution is 2.27. The summed E-state index contributed by atoms with van der Waals surface area (Å²) in [6.07, 6.45) is 3.39. The summed E-state index contributed by atoms with van der Waals surface area (Å²) in [5, 5.41) is 3.64. The fourth-order valence-electron chi connectivity index (χ4n) is 2.77. The lowest BCUT2D eigenvalue weighted by Gasteiger charge is -2.26. The molecule has 1 N–H and O–H groups in total. The average Bonchev–Trinajstić information content (AvgIpc) is 2.49. The molecule has 0 spiro atoms. The van der Waals surface area contributed by atoms with E-state index in [9.17, 15) is 0 Å². The van der Waals surface area contributed by atoms with E-state index < -0.39 is 0 Å². The molecule has 2 aromatic rings. The van der Waals surface area contributed by atoms with E-state index in [0.717, 1.165) is 18.6 Å². The molecule has 2 nitrogen and oxygen atoms in total. The first-order valence-corrected chi connectivity index (χ1v) is 8.00. The second-order valence-electron chi connectivity index (χ2n) is 5.23. The van der Waals surface area contributed by atoms with Crippen LogP contribution in [0.5, 0.6) is 5.75 Å². The van der Waals surface area contributed by atoms with Gasteiger partial charge in [0, 0.05) is 15.3 Å². The van der Waals surface area contributed by atoms with E-state index in [0.29, 0.717) is 6.04 Å². The Labute approximate surface area is 133 Å². The van der Waals surface area contributed by atoms with Crippen LogP contribution in [0.25, 0.3) is 0 Å². The topological polar surface area (TPSA) is 21.3 Å². The number of fused-ring (bicyclic) bond motifs is 1. The van der Waals surface area contributed by atoms with Gasteiger partial charge in [-0.1, -0.05) is 6.07 Å². The maximum absolute atomic E-state index is 5.33. The summed E-state index contributed by atoms with van der Waals surface area (Å²) in [6.45, 7) is 0. The first-order chi connectivity index (χ1) is 9.74. The lowest BCUT2D eigenvalue weighted by Crippen LogP contribution is -2.27. The van der Waals surface area contributed by atoms with Crippen LogP contribution in [0.1, 0.15) is 17.5 Å². The van der Waals surface area contributed by atoms with Crippen LogP contribution in [0, 0.1) is 3.57 Å². The molecule has 0 saturated carbocycles. The van der Waals surface area contributed by atoms with Crippen molar-refractivity contribution in [2.75, 3.05) is 12.4 Å². The Morgan fingerprint density at radius 3 is 2.65 bits per heavy atom. The second kappa shape index (κ2) is 6.04. The Balaban J connectivity index is 1.73. The van der Waals surface area contributed by atoms with E-state index in [4.69, 9.17) is 4.74 Å². The lowest BCUT2D eigenvalue weighted by molar-refractivity contribution is 0.413. The van der Waals surface area contributed by atoms with Crippen LogP contribution in [0.15, 0.2) is 42.5 Å². The molecule has 104 valence electrons. The van der Waals surface area contributed by atoms with Gasteiger partial charge in [-0.25, -0.2) is 0 Å². The molecule has 2 aromatic carbocycles. The van der Waals surface area contributed by atoms with Gasteiger partial charge >= 0.3 is 0 Å². The van der Waals surface area contributed by atoms with E-state index in [1.165, 1.54) is 26.8 Å². The quantitative estimate of drug-likeness (QED) is 0.805. The first kappa shape index (κ1) is 13.7. The van der Waals surface area contributed by atoms with Gasteiger partial charge in [0.05, 0.1) is 7.11 Å². The van der Waals surface area contributed by atoms with Gasteiger partial charge < -0.3 is 10.1 Å². The Morgan fingerprint density at radius 2 is 1.90 bits per heavy atom. The van der Waals surface area contributed by atoms with Crippen molar-refractivity contribution < 1.29 is 4.74 Å². The van der Waals surface area contributed by atoms with Gasteiger partial charge in [0.15, 0.2) is 0 Å². The predicted octanol–water partition coefficient (Wildman–Crippen LogP) is 4.27. The van der Waals surface area contributed by atoms with Crippen LogP contribution in [-0.2, 0) is 12.8 Å². The van der Waals surface area contributed by atoms with Gasteiger partial charge in [-0.3, -0.25) is 0 Å². The number of ether oxygens (including phenoxy) is 1. The number of rotatable bonds is 3. The second-order valence-corrected chi connectivity index (χ2v) is 6.47. The third-order valence-electron chi connectivity index (χ3n) is 3.86. The number of hydrogen-bond donors (Lipinski definition) is 1. The van der Waals surface area contributed by atoms with Crippen LogP contribution in [0.3, 0.4) is 0 Å². The molecule has 0 heterocycles. The summed E-state index contributed by atoms with van der Waals surface area (Å²) in [5.41, 5.74) is 4.09. The zero-order chi connectivity index (χ0) is 13.9. The largest absolute Gasteiger partial charge is 0.497 e. The molecule has 0 fully saturated rings. The van der Waals surface area contributed by atoms with Crippen LogP contribution < -0.4 is 10.1 Å². The minimum atomic E-state index is 0.509. The normalized spacial score (nSPS) is 17.4. The van der Waals surface area contributed by atoms with Crippen molar-refractivity contribution in [1.29, 1.82) is 0 Å². The summed E-state index contributed by atoms with van der Waals surface area (Å²) < 4.78 is 6.60. The van der Waals surface area contributed by atoms with E-state index in [1.54, 1.807) is 7.11 Å². The van der Waals surface area contributed by atoms with Crippen molar-refractivity contribution in [2.45, 2.75) is 25.3 Å². The highest BCUT2D eigenvalue weighted by Gasteiger charge is 2.18. The summed E-state index contributed by atoms with van der Waals surface area (Å²) in [6, 6.07) is 15.5. The van der Waals surface area contributed by atoms with Gasteiger partial charge in [0.1, 0.15) is 5.75 Å². The van der Waals surface area contributed by atoms with Crippen molar-refractivity contribution in [3.05, 3.63) is 57.2 Å². The third kappa shape index (κ3) is 3.08. The van der Waals surface area contributed by atoms with E-state index >= 15 is 0 Å². The molecule has 3 rings (SSSR count). The number of hydrogen-bond acceptors (Lipinski definition) is 2. The summed E-state index contributed by atoms with van der Waals surface area (Å²) in [5.74, 6) is 0.957.